The molecule has 4 fully saturated rings. The van der Waals surface area contributed by atoms with Gasteiger partial charge in [-0.15, -0.1) is 11.3 Å². The first-order chi connectivity index (χ1) is 10.2. The second kappa shape index (κ2) is 4.32. The minimum atomic E-state index is 0.239. The van der Waals surface area contributed by atoms with Crippen LogP contribution in [0.15, 0.2) is 11.4 Å². The molecule has 0 unspecified atom stereocenters. The van der Waals surface area contributed by atoms with E-state index in [2.05, 4.69) is 15.3 Å². The Kier molecular flexibility index (Phi) is 2.61. The van der Waals surface area contributed by atoms with Crippen molar-refractivity contribution < 1.29 is 0 Å². The van der Waals surface area contributed by atoms with Crippen molar-refractivity contribution in [3.8, 4) is 0 Å². The first kappa shape index (κ1) is 12.7. The Morgan fingerprint density at radius 1 is 1.10 bits per heavy atom. The average molecular weight is 320 g/mol. The summed E-state index contributed by atoms with van der Waals surface area (Å²) in [7, 11) is 0. The molecule has 4 saturated carbocycles. The van der Waals surface area contributed by atoms with E-state index in [1.807, 2.05) is 11.4 Å². The summed E-state index contributed by atoms with van der Waals surface area (Å²) in [5.74, 6) is 3.50. The minimum Gasteiger partial charge on any atom is -0.349 e. The van der Waals surface area contributed by atoms with Crippen molar-refractivity contribution in [2.75, 3.05) is 5.32 Å². The molecule has 6 rings (SSSR count). The Bertz CT molecular complexity index is 675. The molecule has 0 atom stereocenters. The molecule has 21 heavy (non-hydrogen) atoms. The summed E-state index contributed by atoms with van der Waals surface area (Å²) >= 11 is 7.94. The second-order valence-electron chi connectivity index (χ2n) is 7.30. The summed E-state index contributed by atoms with van der Waals surface area (Å²) in [5.41, 5.74) is 0.239. The third-order valence-corrected chi connectivity index (χ3v) is 6.79. The number of fused-ring (bicyclic) bond motifs is 1. The van der Waals surface area contributed by atoms with E-state index in [1.165, 1.54) is 38.5 Å². The normalized spacial score (nSPS) is 37.3. The van der Waals surface area contributed by atoms with Gasteiger partial charge in [0.15, 0.2) is 0 Å². The summed E-state index contributed by atoms with van der Waals surface area (Å²) in [6.07, 6.45) is 8.23. The van der Waals surface area contributed by atoms with E-state index in [1.54, 1.807) is 11.3 Å². The molecule has 0 spiro atoms. The highest BCUT2D eigenvalue weighted by atomic mass is 35.5. The smallest absolute Gasteiger partial charge is 0.225 e. The van der Waals surface area contributed by atoms with E-state index in [4.69, 9.17) is 11.6 Å². The molecule has 0 saturated heterocycles. The molecule has 1 N–H and O–H groups in total. The monoisotopic (exact) mass is 319 g/mol. The van der Waals surface area contributed by atoms with Gasteiger partial charge < -0.3 is 5.32 Å². The minimum absolute atomic E-state index is 0.239. The van der Waals surface area contributed by atoms with Gasteiger partial charge >= 0.3 is 0 Å². The molecule has 4 aliphatic carbocycles. The summed E-state index contributed by atoms with van der Waals surface area (Å²) in [6, 6.07) is 2.00. The highest BCUT2D eigenvalue weighted by Crippen LogP contribution is 2.56. The maximum Gasteiger partial charge on any atom is 0.225 e. The van der Waals surface area contributed by atoms with Crippen LogP contribution in [0, 0.1) is 17.8 Å². The molecule has 0 amide bonds. The summed E-state index contributed by atoms with van der Waals surface area (Å²) in [4.78, 5) is 10.2. The number of halogens is 1. The first-order valence-electron chi connectivity index (χ1n) is 7.88. The van der Waals surface area contributed by atoms with Crippen molar-refractivity contribution >= 4 is 39.1 Å². The largest absolute Gasteiger partial charge is 0.349 e. The van der Waals surface area contributed by atoms with Crippen molar-refractivity contribution in [2.24, 2.45) is 17.8 Å². The Morgan fingerprint density at radius 3 is 2.43 bits per heavy atom. The van der Waals surface area contributed by atoms with Crippen molar-refractivity contribution in [2.45, 2.75) is 44.1 Å². The molecule has 2 aromatic rings. The van der Waals surface area contributed by atoms with Crippen LogP contribution in [0.1, 0.15) is 38.5 Å². The van der Waals surface area contributed by atoms with Gasteiger partial charge in [-0.2, -0.15) is 0 Å². The molecular weight excluding hydrogens is 302 g/mol. The summed E-state index contributed by atoms with van der Waals surface area (Å²) in [5, 5.41) is 7.28. The Labute approximate surface area is 133 Å². The molecule has 110 valence electrons. The number of aromatic nitrogens is 2. The Balaban J connectivity index is 1.50. The predicted octanol–water partition coefficient (Wildman–Crippen LogP) is 4.73. The fourth-order valence-electron chi connectivity index (χ4n) is 5.38. The molecule has 0 aliphatic heterocycles. The quantitative estimate of drug-likeness (QED) is 0.813. The van der Waals surface area contributed by atoms with Gasteiger partial charge in [-0.1, -0.05) is 11.6 Å². The summed E-state index contributed by atoms with van der Waals surface area (Å²) < 4.78 is 0. The van der Waals surface area contributed by atoms with Gasteiger partial charge in [0, 0.05) is 10.9 Å². The fourth-order valence-corrected chi connectivity index (χ4v) is 6.43. The van der Waals surface area contributed by atoms with Crippen LogP contribution < -0.4 is 5.32 Å². The van der Waals surface area contributed by atoms with Gasteiger partial charge in [0.05, 0.1) is 0 Å². The topological polar surface area (TPSA) is 37.8 Å². The molecule has 2 aromatic heterocycles. The number of nitrogens with one attached hydrogen (secondary N) is 1. The predicted molar refractivity (Wildman–Crippen MR) is 87.0 cm³/mol. The van der Waals surface area contributed by atoms with Gasteiger partial charge in [-0.05, 0) is 67.7 Å². The second-order valence-corrected chi connectivity index (χ2v) is 8.55. The number of anilines is 1. The van der Waals surface area contributed by atoms with Crippen LogP contribution in [0.5, 0.6) is 0 Å². The number of rotatable bonds is 2. The van der Waals surface area contributed by atoms with E-state index in [9.17, 15) is 0 Å². The van der Waals surface area contributed by atoms with Crippen LogP contribution in [-0.2, 0) is 0 Å². The molecule has 4 aliphatic rings. The maximum atomic E-state index is 6.31. The highest BCUT2D eigenvalue weighted by molar-refractivity contribution is 7.16. The zero-order chi connectivity index (χ0) is 14.0. The van der Waals surface area contributed by atoms with Crippen molar-refractivity contribution in [3.63, 3.8) is 0 Å². The molecule has 3 nitrogen and oxygen atoms in total. The third-order valence-electron chi connectivity index (χ3n) is 5.69. The van der Waals surface area contributed by atoms with Crippen molar-refractivity contribution in [1.29, 1.82) is 0 Å². The van der Waals surface area contributed by atoms with E-state index in [0.29, 0.717) is 5.15 Å². The van der Waals surface area contributed by atoms with Gasteiger partial charge in [0.1, 0.15) is 9.98 Å². The van der Waals surface area contributed by atoms with E-state index in [0.717, 1.165) is 33.9 Å². The molecule has 2 heterocycles. The first-order valence-corrected chi connectivity index (χ1v) is 9.14. The van der Waals surface area contributed by atoms with Crippen molar-refractivity contribution in [3.05, 3.63) is 16.6 Å². The standard InChI is InChI=1S/C16H18ClN3S/c17-13-12-1-2-21-14(12)19-15(18-13)20-16-6-9-3-10(7-16)5-11(4-9)8-16/h1-2,9-11H,3-8H2,(H,18,19,20). The van der Waals surface area contributed by atoms with Gasteiger partial charge in [0.25, 0.3) is 0 Å². The Hall–Kier alpha value is -0.870. The number of nitrogens with zero attached hydrogens (tertiary/aromatic N) is 2. The van der Waals surface area contributed by atoms with Crippen LogP contribution in [0.25, 0.3) is 10.2 Å². The van der Waals surface area contributed by atoms with Crippen molar-refractivity contribution in [1.82, 2.24) is 9.97 Å². The molecule has 4 bridgehead atoms. The SMILES string of the molecule is Clc1nc(NC23CC4CC(CC(C4)C2)C3)nc2sccc12. The van der Waals surface area contributed by atoms with E-state index >= 15 is 0 Å². The fraction of sp³-hybridized carbons (Fsp3) is 0.625. The van der Waals surface area contributed by atoms with Gasteiger partial charge in [-0.3, -0.25) is 0 Å². The van der Waals surface area contributed by atoms with Crippen LogP contribution in [0.4, 0.5) is 5.95 Å². The Morgan fingerprint density at radius 2 is 1.76 bits per heavy atom. The van der Waals surface area contributed by atoms with E-state index in [-0.39, 0.29) is 5.54 Å². The van der Waals surface area contributed by atoms with Gasteiger partial charge in [-0.25, -0.2) is 9.97 Å². The molecule has 5 heteroatoms. The number of hydrogen-bond donors (Lipinski definition) is 1. The van der Waals surface area contributed by atoms with Crippen LogP contribution in [0.3, 0.4) is 0 Å². The lowest BCUT2D eigenvalue weighted by Gasteiger charge is -2.56. The van der Waals surface area contributed by atoms with Crippen LogP contribution >= 0.6 is 22.9 Å². The zero-order valence-electron chi connectivity index (χ0n) is 11.8. The van der Waals surface area contributed by atoms with Crippen LogP contribution in [-0.4, -0.2) is 15.5 Å². The average Bonchev–Trinajstić information content (AvgIpc) is 2.85. The highest BCUT2D eigenvalue weighted by Gasteiger charge is 2.51. The lowest BCUT2D eigenvalue weighted by Crippen LogP contribution is -2.55. The number of hydrogen-bond acceptors (Lipinski definition) is 4. The van der Waals surface area contributed by atoms with E-state index < -0.39 is 0 Å². The molecule has 0 aromatic carbocycles. The lowest BCUT2D eigenvalue weighted by atomic mass is 9.53. The van der Waals surface area contributed by atoms with Crippen LogP contribution in [0.2, 0.25) is 5.15 Å². The summed E-state index contributed by atoms with van der Waals surface area (Å²) in [6.45, 7) is 0. The third kappa shape index (κ3) is 1.99. The lowest BCUT2D eigenvalue weighted by molar-refractivity contribution is 0.0104. The number of thiophene rings is 1. The maximum absolute atomic E-state index is 6.31. The zero-order valence-corrected chi connectivity index (χ0v) is 13.4. The van der Waals surface area contributed by atoms with Gasteiger partial charge in [0.2, 0.25) is 5.95 Å². The molecular formula is C16H18ClN3S. The molecule has 0 radical (unpaired) electrons.